The summed E-state index contributed by atoms with van der Waals surface area (Å²) >= 11 is 0. The normalized spacial score (nSPS) is 13.1. The van der Waals surface area contributed by atoms with Crippen molar-refractivity contribution in [1.82, 2.24) is 20.4 Å². The van der Waals surface area contributed by atoms with Gasteiger partial charge in [-0.3, -0.25) is 9.48 Å². The fraction of sp³-hybridized carbons (Fsp3) is 0.474. The van der Waals surface area contributed by atoms with Gasteiger partial charge in [-0.25, -0.2) is 0 Å². The van der Waals surface area contributed by atoms with Crippen molar-refractivity contribution in [3.05, 3.63) is 41.7 Å². The van der Waals surface area contributed by atoms with Crippen LogP contribution in [0, 0.1) is 0 Å². The number of carbonyl (C=O) groups excluding carboxylic acids is 1. The molecule has 0 saturated heterocycles. The zero-order valence-electron chi connectivity index (χ0n) is 16.5. The van der Waals surface area contributed by atoms with E-state index in [9.17, 15) is 4.79 Å². The van der Waals surface area contributed by atoms with Gasteiger partial charge in [-0.1, -0.05) is 6.07 Å². The van der Waals surface area contributed by atoms with Crippen molar-refractivity contribution in [2.45, 2.75) is 19.0 Å². The van der Waals surface area contributed by atoms with Crippen LogP contribution >= 0.6 is 0 Å². The first-order chi connectivity index (χ1) is 13.0. The molecule has 1 aromatic heterocycles. The molecule has 0 spiro atoms. The van der Waals surface area contributed by atoms with Gasteiger partial charge in [0.15, 0.2) is 11.5 Å². The Morgan fingerprint density at radius 1 is 1.22 bits per heavy atom. The van der Waals surface area contributed by atoms with Gasteiger partial charge in [0.25, 0.3) is 0 Å². The van der Waals surface area contributed by atoms with Crippen LogP contribution in [0.25, 0.3) is 0 Å². The maximum Gasteiger partial charge on any atom is 0.242 e. The fourth-order valence-electron chi connectivity index (χ4n) is 2.73. The molecule has 1 amide bonds. The van der Waals surface area contributed by atoms with E-state index in [-0.39, 0.29) is 11.9 Å². The van der Waals surface area contributed by atoms with E-state index in [4.69, 9.17) is 14.2 Å². The average Bonchev–Trinajstić information content (AvgIpc) is 3.08. The molecule has 0 radical (unpaired) electrons. The first-order valence-corrected chi connectivity index (χ1v) is 8.76. The minimum Gasteiger partial charge on any atom is -0.493 e. The molecule has 0 bridgehead atoms. The van der Waals surface area contributed by atoms with E-state index in [1.165, 1.54) is 0 Å². The quantitative estimate of drug-likeness (QED) is 0.613. The molecule has 2 N–H and O–H groups in total. The molecular formula is C19H28N4O4. The van der Waals surface area contributed by atoms with Crippen LogP contribution in [0.15, 0.2) is 30.6 Å². The fourth-order valence-corrected chi connectivity index (χ4v) is 2.73. The Bertz CT molecular complexity index is 747. The number of nitrogens with zero attached hydrogens (tertiary/aromatic N) is 2. The van der Waals surface area contributed by atoms with E-state index in [1.807, 2.05) is 38.4 Å². The van der Waals surface area contributed by atoms with Crippen molar-refractivity contribution in [1.29, 1.82) is 0 Å². The molecule has 1 heterocycles. The van der Waals surface area contributed by atoms with E-state index >= 15 is 0 Å². The number of hydrogen-bond acceptors (Lipinski definition) is 6. The average molecular weight is 376 g/mol. The third-order valence-corrected chi connectivity index (χ3v) is 4.20. The van der Waals surface area contributed by atoms with Gasteiger partial charge >= 0.3 is 0 Å². The lowest BCUT2D eigenvalue weighted by Gasteiger charge is -2.20. The summed E-state index contributed by atoms with van der Waals surface area (Å²) in [5, 5.41) is 10.2. The lowest BCUT2D eigenvalue weighted by atomic mass is 10.1. The SMILES string of the molecule is CNC(C(=O)NC(C)c1ccc(OCCOC)c(OC)c1)c1cnn(C)c1. The molecule has 148 valence electrons. The van der Waals surface area contributed by atoms with Gasteiger partial charge in [0.1, 0.15) is 12.6 Å². The van der Waals surface area contributed by atoms with Gasteiger partial charge in [0.2, 0.25) is 5.91 Å². The van der Waals surface area contributed by atoms with Crippen LogP contribution in [0.5, 0.6) is 11.5 Å². The summed E-state index contributed by atoms with van der Waals surface area (Å²) in [5.74, 6) is 1.12. The molecule has 1 aromatic carbocycles. The zero-order valence-corrected chi connectivity index (χ0v) is 16.5. The van der Waals surface area contributed by atoms with Crippen LogP contribution in [-0.4, -0.2) is 50.2 Å². The van der Waals surface area contributed by atoms with Gasteiger partial charge in [-0.05, 0) is 31.7 Å². The van der Waals surface area contributed by atoms with Crippen molar-refractivity contribution in [3.8, 4) is 11.5 Å². The second-order valence-electron chi connectivity index (χ2n) is 6.15. The number of methoxy groups -OCH3 is 2. The summed E-state index contributed by atoms with van der Waals surface area (Å²) in [6.07, 6.45) is 3.50. The number of carbonyl (C=O) groups is 1. The Hall–Kier alpha value is -2.58. The van der Waals surface area contributed by atoms with Crippen molar-refractivity contribution in [3.63, 3.8) is 0 Å². The Kier molecular flexibility index (Phi) is 7.63. The largest absolute Gasteiger partial charge is 0.493 e. The first kappa shape index (κ1) is 20.7. The van der Waals surface area contributed by atoms with Gasteiger partial charge < -0.3 is 24.8 Å². The number of benzene rings is 1. The van der Waals surface area contributed by atoms with Crippen molar-refractivity contribution < 1.29 is 19.0 Å². The number of nitrogens with one attached hydrogen (secondary N) is 2. The highest BCUT2D eigenvalue weighted by atomic mass is 16.5. The Morgan fingerprint density at radius 3 is 2.59 bits per heavy atom. The van der Waals surface area contributed by atoms with Crippen LogP contribution in [0.2, 0.25) is 0 Å². The topological polar surface area (TPSA) is 86.6 Å². The monoisotopic (exact) mass is 376 g/mol. The molecule has 2 rings (SSSR count). The summed E-state index contributed by atoms with van der Waals surface area (Å²) in [4.78, 5) is 12.7. The highest BCUT2D eigenvalue weighted by Gasteiger charge is 2.22. The predicted molar refractivity (Wildman–Crippen MR) is 102 cm³/mol. The molecule has 2 aromatic rings. The standard InChI is InChI=1S/C19H28N4O4/c1-13(22-19(24)18(20-2)15-11-21-23(3)12-15)14-6-7-16(17(10-14)26-5)27-9-8-25-4/h6-7,10-13,18,20H,8-9H2,1-5H3,(H,22,24). The molecule has 8 heteroatoms. The number of aryl methyl sites for hydroxylation is 1. The molecule has 0 aliphatic rings. The number of hydrogen-bond donors (Lipinski definition) is 2. The second-order valence-corrected chi connectivity index (χ2v) is 6.15. The molecule has 8 nitrogen and oxygen atoms in total. The van der Waals surface area contributed by atoms with E-state index in [1.54, 1.807) is 32.1 Å². The number of amides is 1. The zero-order chi connectivity index (χ0) is 19.8. The Balaban J connectivity index is 2.07. The molecule has 2 atom stereocenters. The number of likely N-dealkylation sites (N-methyl/N-ethyl adjacent to an activating group) is 1. The Labute approximate surface area is 159 Å². The van der Waals surface area contributed by atoms with Crippen molar-refractivity contribution in [2.24, 2.45) is 7.05 Å². The smallest absolute Gasteiger partial charge is 0.242 e. The van der Waals surface area contributed by atoms with E-state index in [0.29, 0.717) is 24.7 Å². The molecular weight excluding hydrogens is 348 g/mol. The summed E-state index contributed by atoms with van der Waals surface area (Å²) < 4.78 is 17.7. The van der Waals surface area contributed by atoms with Crippen LogP contribution in [0.4, 0.5) is 0 Å². The maximum absolute atomic E-state index is 12.7. The predicted octanol–water partition coefficient (Wildman–Crippen LogP) is 1.59. The first-order valence-electron chi connectivity index (χ1n) is 8.76. The molecule has 0 fully saturated rings. The van der Waals surface area contributed by atoms with E-state index in [2.05, 4.69) is 15.7 Å². The molecule has 0 aliphatic heterocycles. The molecule has 0 aliphatic carbocycles. The minimum atomic E-state index is -0.473. The summed E-state index contributed by atoms with van der Waals surface area (Å²) in [6.45, 7) is 2.86. The van der Waals surface area contributed by atoms with Crippen LogP contribution < -0.4 is 20.1 Å². The number of aromatic nitrogens is 2. The van der Waals surface area contributed by atoms with Crippen LogP contribution in [0.3, 0.4) is 0 Å². The molecule has 2 unspecified atom stereocenters. The summed E-state index contributed by atoms with van der Waals surface area (Å²) in [7, 11) is 6.78. The second kappa shape index (κ2) is 9.94. The van der Waals surface area contributed by atoms with E-state index in [0.717, 1.165) is 11.1 Å². The highest BCUT2D eigenvalue weighted by molar-refractivity contribution is 5.83. The number of rotatable bonds is 10. The lowest BCUT2D eigenvalue weighted by Crippen LogP contribution is -2.37. The van der Waals surface area contributed by atoms with Crippen LogP contribution in [0.1, 0.15) is 30.1 Å². The third-order valence-electron chi connectivity index (χ3n) is 4.20. The Morgan fingerprint density at radius 2 is 2.00 bits per heavy atom. The lowest BCUT2D eigenvalue weighted by molar-refractivity contribution is -0.123. The van der Waals surface area contributed by atoms with E-state index < -0.39 is 6.04 Å². The minimum absolute atomic E-state index is 0.127. The molecule has 27 heavy (non-hydrogen) atoms. The third kappa shape index (κ3) is 5.45. The van der Waals surface area contributed by atoms with Crippen LogP contribution in [-0.2, 0) is 16.6 Å². The van der Waals surface area contributed by atoms with Gasteiger partial charge in [0.05, 0.1) is 26.0 Å². The number of ether oxygens (including phenoxy) is 3. The maximum atomic E-state index is 12.7. The summed E-state index contributed by atoms with van der Waals surface area (Å²) in [5.41, 5.74) is 1.73. The van der Waals surface area contributed by atoms with Crippen molar-refractivity contribution in [2.75, 3.05) is 34.5 Å². The van der Waals surface area contributed by atoms with Gasteiger partial charge in [-0.15, -0.1) is 0 Å². The highest BCUT2D eigenvalue weighted by Crippen LogP contribution is 2.30. The van der Waals surface area contributed by atoms with Gasteiger partial charge in [-0.2, -0.15) is 5.10 Å². The molecule has 0 saturated carbocycles. The van der Waals surface area contributed by atoms with Crippen molar-refractivity contribution >= 4 is 5.91 Å². The van der Waals surface area contributed by atoms with Gasteiger partial charge in [0, 0.05) is 25.9 Å². The summed E-state index contributed by atoms with van der Waals surface area (Å²) in [6, 6.07) is 4.94.